The van der Waals surface area contributed by atoms with E-state index in [2.05, 4.69) is 35.3 Å². The molecule has 1 aromatic heterocycles. The monoisotopic (exact) mass is 410 g/mol. The van der Waals surface area contributed by atoms with Crippen molar-refractivity contribution < 1.29 is 9.53 Å². The van der Waals surface area contributed by atoms with Gasteiger partial charge in [-0.05, 0) is 61.7 Å². The second kappa shape index (κ2) is 7.95. The van der Waals surface area contributed by atoms with Crippen molar-refractivity contribution in [3.63, 3.8) is 0 Å². The fourth-order valence-electron chi connectivity index (χ4n) is 4.61. The first kappa shape index (κ1) is 19.4. The van der Waals surface area contributed by atoms with E-state index in [1.165, 1.54) is 10.9 Å². The molecule has 1 amide bonds. The molecule has 1 N–H and O–H groups in total. The lowest BCUT2D eigenvalue weighted by molar-refractivity contribution is 0.0691. The molecule has 1 atom stereocenters. The molecule has 0 bridgehead atoms. The minimum atomic E-state index is -0.189. The van der Waals surface area contributed by atoms with Crippen LogP contribution in [0.3, 0.4) is 0 Å². The van der Waals surface area contributed by atoms with Crippen molar-refractivity contribution in [1.82, 2.24) is 9.88 Å². The van der Waals surface area contributed by atoms with Crippen LogP contribution in [0.15, 0.2) is 72.8 Å². The van der Waals surface area contributed by atoms with E-state index in [9.17, 15) is 4.79 Å². The van der Waals surface area contributed by atoms with E-state index in [4.69, 9.17) is 4.74 Å². The standard InChI is InChI=1S/C27H26N2O2/c1-3-31-21-8-6-7-20(17-21)26-25-23(22-9-4-5-10-24(22)28-25)15-16-29(26)27(30)19-13-11-18(2)12-14-19/h4-14,17,26,28H,3,15-16H2,1-2H3/t26-/m1/s1. The molecular formula is C27H26N2O2. The number of aromatic amines is 1. The maximum atomic E-state index is 13.6. The van der Waals surface area contributed by atoms with Crippen LogP contribution in [0.4, 0.5) is 0 Å². The molecule has 4 heteroatoms. The second-order valence-electron chi connectivity index (χ2n) is 8.09. The van der Waals surface area contributed by atoms with Gasteiger partial charge >= 0.3 is 0 Å². The number of para-hydroxylation sites is 1. The summed E-state index contributed by atoms with van der Waals surface area (Å²) in [5.41, 5.74) is 6.43. The van der Waals surface area contributed by atoms with Crippen molar-refractivity contribution in [3.05, 3.63) is 101 Å². The average molecular weight is 411 g/mol. The van der Waals surface area contributed by atoms with Crippen molar-refractivity contribution in [3.8, 4) is 5.75 Å². The van der Waals surface area contributed by atoms with Crippen LogP contribution < -0.4 is 4.74 Å². The number of carbonyl (C=O) groups is 1. The van der Waals surface area contributed by atoms with Crippen molar-refractivity contribution in [2.75, 3.05) is 13.2 Å². The number of rotatable bonds is 4. The Labute approximate surface area is 182 Å². The first-order chi connectivity index (χ1) is 15.2. The third-order valence-corrected chi connectivity index (χ3v) is 6.08. The second-order valence-corrected chi connectivity index (χ2v) is 8.09. The number of nitrogens with zero attached hydrogens (tertiary/aromatic N) is 1. The molecule has 31 heavy (non-hydrogen) atoms. The number of fused-ring (bicyclic) bond motifs is 3. The number of carbonyl (C=O) groups excluding carboxylic acids is 1. The fourth-order valence-corrected chi connectivity index (χ4v) is 4.61. The van der Waals surface area contributed by atoms with Gasteiger partial charge in [-0.25, -0.2) is 0 Å². The highest BCUT2D eigenvalue weighted by Crippen LogP contribution is 2.39. The largest absolute Gasteiger partial charge is 0.494 e. The molecule has 4 aromatic rings. The number of H-pyrrole nitrogens is 1. The van der Waals surface area contributed by atoms with Gasteiger partial charge in [0.05, 0.1) is 12.6 Å². The molecule has 1 aliphatic heterocycles. The topological polar surface area (TPSA) is 45.3 Å². The highest BCUT2D eigenvalue weighted by Gasteiger charge is 2.35. The molecular weight excluding hydrogens is 384 g/mol. The van der Waals surface area contributed by atoms with E-state index in [1.54, 1.807) is 0 Å². The Morgan fingerprint density at radius 3 is 2.68 bits per heavy atom. The van der Waals surface area contributed by atoms with Crippen LogP contribution in [-0.2, 0) is 6.42 Å². The zero-order valence-electron chi connectivity index (χ0n) is 17.9. The molecule has 3 aromatic carbocycles. The number of aryl methyl sites for hydroxylation is 1. The van der Waals surface area contributed by atoms with Gasteiger partial charge in [-0.1, -0.05) is 48.0 Å². The van der Waals surface area contributed by atoms with E-state index in [0.29, 0.717) is 13.2 Å². The molecule has 0 saturated heterocycles. The van der Waals surface area contributed by atoms with Crippen LogP contribution in [0, 0.1) is 6.92 Å². The van der Waals surface area contributed by atoms with Crippen LogP contribution >= 0.6 is 0 Å². The predicted molar refractivity (Wildman–Crippen MR) is 124 cm³/mol. The lowest BCUT2D eigenvalue weighted by atomic mass is 9.91. The smallest absolute Gasteiger partial charge is 0.254 e. The molecule has 0 spiro atoms. The summed E-state index contributed by atoms with van der Waals surface area (Å²) < 4.78 is 5.76. The zero-order valence-corrected chi connectivity index (χ0v) is 17.9. The number of ether oxygens (including phenoxy) is 1. The van der Waals surface area contributed by atoms with Gasteiger partial charge in [0.25, 0.3) is 5.91 Å². The summed E-state index contributed by atoms with van der Waals surface area (Å²) in [5.74, 6) is 0.877. The molecule has 4 nitrogen and oxygen atoms in total. The molecule has 0 radical (unpaired) electrons. The summed E-state index contributed by atoms with van der Waals surface area (Å²) in [5, 5.41) is 1.24. The highest BCUT2D eigenvalue weighted by molar-refractivity contribution is 5.95. The van der Waals surface area contributed by atoms with Crippen LogP contribution in [0.1, 0.15) is 45.7 Å². The van der Waals surface area contributed by atoms with Crippen LogP contribution in [0.2, 0.25) is 0 Å². The predicted octanol–water partition coefficient (Wildman–Crippen LogP) is 5.66. The van der Waals surface area contributed by atoms with E-state index in [0.717, 1.165) is 40.1 Å². The third-order valence-electron chi connectivity index (χ3n) is 6.08. The Kier molecular flexibility index (Phi) is 4.99. The summed E-state index contributed by atoms with van der Waals surface area (Å²) in [6.45, 7) is 5.30. The van der Waals surface area contributed by atoms with Gasteiger partial charge in [0, 0.05) is 28.7 Å². The molecule has 0 unspecified atom stereocenters. The molecule has 156 valence electrons. The molecule has 0 aliphatic carbocycles. The normalized spacial score (nSPS) is 15.7. The van der Waals surface area contributed by atoms with Gasteiger partial charge in [-0.15, -0.1) is 0 Å². The number of hydrogen-bond donors (Lipinski definition) is 1. The maximum absolute atomic E-state index is 13.6. The van der Waals surface area contributed by atoms with Gasteiger partial charge in [-0.2, -0.15) is 0 Å². The Balaban J connectivity index is 1.64. The van der Waals surface area contributed by atoms with Crippen LogP contribution in [0.25, 0.3) is 10.9 Å². The Morgan fingerprint density at radius 1 is 1.06 bits per heavy atom. The zero-order chi connectivity index (χ0) is 21.4. The maximum Gasteiger partial charge on any atom is 0.254 e. The molecule has 2 heterocycles. The summed E-state index contributed by atoms with van der Waals surface area (Å²) in [7, 11) is 0. The van der Waals surface area contributed by atoms with Crippen LogP contribution in [-0.4, -0.2) is 28.9 Å². The summed E-state index contributed by atoms with van der Waals surface area (Å²) in [6, 6.07) is 24.2. The number of nitrogens with one attached hydrogen (secondary N) is 1. The first-order valence-corrected chi connectivity index (χ1v) is 10.9. The third kappa shape index (κ3) is 3.48. The number of hydrogen-bond acceptors (Lipinski definition) is 2. The number of aromatic nitrogens is 1. The molecule has 0 fully saturated rings. The lowest BCUT2D eigenvalue weighted by Crippen LogP contribution is -2.40. The quantitative estimate of drug-likeness (QED) is 0.472. The average Bonchev–Trinajstić information content (AvgIpc) is 3.17. The van der Waals surface area contributed by atoms with Crippen molar-refractivity contribution in [2.24, 2.45) is 0 Å². The fraction of sp³-hybridized carbons (Fsp3) is 0.222. The van der Waals surface area contributed by atoms with Gasteiger partial charge in [-0.3, -0.25) is 4.79 Å². The number of benzene rings is 3. The van der Waals surface area contributed by atoms with E-state index >= 15 is 0 Å². The summed E-state index contributed by atoms with van der Waals surface area (Å²) in [6.07, 6.45) is 0.832. The Morgan fingerprint density at radius 2 is 1.87 bits per heavy atom. The van der Waals surface area contributed by atoms with E-state index in [-0.39, 0.29) is 11.9 Å². The van der Waals surface area contributed by atoms with Crippen molar-refractivity contribution in [1.29, 1.82) is 0 Å². The van der Waals surface area contributed by atoms with Crippen molar-refractivity contribution >= 4 is 16.8 Å². The van der Waals surface area contributed by atoms with Crippen molar-refractivity contribution in [2.45, 2.75) is 26.3 Å². The highest BCUT2D eigenvalue weighted by atomic mass is 16.5. The Bertz CT molecular complexity index is 1240. The minimum absolute atomic E-state index is 0.0520. The van der Waals surface area contributed by atoms with Gasteiger partial charge in [0.15, 0.2) is 0 Å². The Hall–Kier alpha value is -3.53. The van der Waals surface area contributed by atoms with E-state index < -0.39 is 0 Å². The minimum Gasteiger partial charge on any atom is -0.494 e. The molecule has 0 saturated carbocycles. The molecule has 5 rings (SSSR count). The summed E-state index contributed by atoms with van der Waals surface area (Å²) in [4.78, 5) is 19.2. The van der Waals surface area contributed by atoms with Gasteiger partial charge < -0.3 is 14.6 Å². The molecule has 1 aliphatic rings. The van der Waals surface area contributed by atoms with Gasteiger partial charge in [0.1, 0.15) is 5.75 Å². The van der Waals surface area contributed by atoms with Gasteiger partial charge in [0.2, 0.25) is 0 Å². The first-order valence-electron chi connectivity index (χ1n) is 10.9. The van der Waals surface area contributed by atoms with E-state index in [1.807, 2.05) is 61.2 Å². The SMILES string of the molecule is CCOc1cccc([C@@H]2c3[nH]c4ccccc4c3CCN2C(=O)c2ccc(C)cc2)c1. The summed E-state index contributed by atoms with van der Waals surface area (Å²) >= 11 is 0. The van der Waals surface area contributed by atoms with Crippen LogP contribution in [0.5, 0.6) is 5.75 Å². The number of amides is 1. The lowest BCUT2D eigenvalue weighted by Gasteiger charge is -2.36.